The SMILES string of the molecule is O=[N+]([O-])c1cc(N=C(Cl)c2ccccc2)cc([N+](=O)[O-])c1. The van der Waals surface area contributed by atoms with Crippen molar-refractivity contribution >= 4 is 33.8 Å². The Kier molecular flexibility index (Phi) is 4.24. The highest BCUT2D eigenvalue weighted by Crippen LogP contribution is 2.28. The molecular weight excluding hydrogens is 298 g/mol. The fourth-order valence-electron chi connectivity index (χ4n) is 1.61. The summed E-state index contributed by atoms with van der Waals surface area (Å²) in [6.45, 7) is 0. The van der Waals surface area contributed by atoms with Gasteiger partial charge in [-0.15, -0.1) is 0 Å². The van der Waals surface area contributed by atoms with Crippen LogP contribution < -0.4 is 0 Å². The highest BCUT2D eigenvalue weighted by molar-refractivity contribution is 6.69. The summed E-state index contributed by atoms with van der Waals surface area (Å²) in [7, 11) is 0. The van der Waals surface area contributed by atoms with Gasteiger partial charge in [0.15, 0.2) is 0 Å². The quantitative estimate of drug-likeness (QED) is 0.487. The molecule has 0 aromatic heterocycles. The molecule has 0 bridgehead atoms. The van der Waals surface area contributed by atoms with Gasteiger partial charge in [0.1, 0.15) is 5.17 Å². The average molecular weight is 306 g/mol. The third-order valence-electron chi connectivity index (χ3n) is 2.55. The largest absolute Gasteiger partial charge is 0.278 e. The van der Waals surface area contributed by atoms with E-state index < -0.39 is 21.2 Å². The molecule has 0 N–H and O–H groups in total. The molecule has 0 fully saturated rings. The fraction of sp³-hybridized carbons (Fsp3) is 0. The summed E-state index contributed by atoms with van der Waals surface area (Å²) in [5.74, 6) is 0. The van der Waals surface area contributed by atoms with Gasteiger partial charge in [0.05, 0.1) is 21.6 Å². The molecule has 2 rings (SSSR count). The van der Waals surface area contributed by atoms with Crippen LogP contribution in [0.15, 0.2) is 53.5 Å². The van der Waals surface area contributed by atoms with Gasteiger partial charge in [-0.05, 0) is 0 Å². The van der Waals surface area contributed by atoms with E-state index in [4.69, 9.17) is 11.6 Å². The number of halogens is 1. The minimum Gasteiger partial charge on any atom is -0.258 e. The van der Waals surface area contributed by atoms with Crippen LogP contribution in [0.4, 0.5) is 17.1 Å². The summed E-state index contributed by atoms with van der Waals surface area (Å²) < 4.78 is 0. The number of aliphatic imine (C=N–C) groups is 1. The van der Waals surface area contributed by atoms with Gasteiger partial charge in [-0.3, -0.25) is 20.2 Å². The van der Waals surface area contributed by atoms with Gasteiger partial charge < -0.3 is 0 Å². The van der Waals surface area contributed by atoms with Gasteiger partial charge in [0, 0.05) is 17.7 Å². The lowest BCUT2D eigenvalue weighted by molar-refractivity contribution is -0.394. The number of hydrogen-bond donors (Lipinski definition) is 0. The monoisotopic (exact) mass is 305 g/mol. The van der Waals surface area contributed by atoms with Crippen LogP contribution in [0, 0.1) is 20.2 Å². The Morgan fingerprint density at radius 3 is 1.95 bits per heavy atom. The summed E-state index contributed by atoms with van der Waals surface area (Å²) in [5, 5.41) is 21.7. The van der Waals surface area contributed by atoms with E-state index in [1.165, 1.54) is 0 Å². The number of nitro groups is 2. The van der Waals surface area contributed by atoms with Crippen molar-refractivity contribution in [1.29, 1.82) is 0 Å². The zero-order valence-corrected chi connectivity index (χ0v) is 11.2. The minimum atomic E-state index is -0.720. The number of nitrogens with zero attached hydrogens (tertiary/aromatic N) is 3. The highest BCUT2D eigenvalue weighted by Gasteiger charge is 2.16. The number of nitro benzene ring substituents is 2. The number of hydrogen-bond acceptors (Lipinski definition) is 5. The Bertz CT molecular complexity index is 699. The zero-order valence-electron chi connectivity index (χ0n) is 10.5. The van der Waals surface area contributed by atoms with Crippen molar-refractivity contribution in [2.24, 2.45) is 4.99 Å². The van der Waals surface area contributed by atoms with Crippen LogP contribution in [0.25, 0.3) is 0 Å². The standard InChI is InChI=1S/C13H8ClN3O4/c14-13(9-4-2-1-3-5-9)15-10-6-11(16(18)19)8-12(7-10)17(20)21/h1-8H. The maximum atomic E-state index is 10.8. The van der Waals surface area contributed by atoms with E-state index >= 15 is 0 Å². The van der Waals surface area contributed by atoms with Gasteiger partial charge in [-0.1, -0.05) is 41.9 Å². The Morgan fingerprint density at radius 1 is 0.952 bits per heavy atom. The average Bonchev–Trinajstić information content (AvgIpc) is 2.47. The lowest BCUT2D eigenvalue weighted by Gasteiger charge is -2.00. The van der Waals surface area contributed by atoms with Crippen molar-refractivity contribution in [3.05, 3.63) is 74.3 Å². The first-order chi connectivity index (χ1) is 9.97. The van der Waals surface area contributed by atoms with Crippen LogP contribution in [-0.2, 0) is 0 Å². The molecule has 0 aliphatic rings. The Labute approximate surface area is 123 Å². The molecule has 8 heteroatoms. The molecule has 0 heterocycles. The minimum absolute atomic E-state index is 0.0461. The van der Waals surface area contributed by atoms with E-state index in [0.29, 0.717) is 5.56 Å². The van der Waals surface area contributed by atoms with Crippen LogP contribution >= 0.6 is 11.6 Å². The lowest BCUT2D eigenvalue weighted by Crippen LogP contribution is -1.93. The molecule has 0 aliphatic heterocycles. The lowest BCUT2D eigenvalue weighted by atomic mass is 10.2. The Balaban J connectivity index is 2.48. The van der Waals surface area contributed by atoms with E-state index in [0.717, 1.165) is 18.2 Å². The molecule has 0 saturated carbocycles. The summed E-state index contributed by atoms with van der Waals surface area (Å²) >= 11 is 6.01. The first kappa shape index (κ1) is 14.6. The van der Waals surface area contributed by atoms with E-state index in [1.54, 1.807) is 30.3 Å². The number of rotatable bonds is 4. The van der Waals surface area contributed by atoms with Crippen molar-refractivity contribution in [2.75, 3.05) is 0 Å². The maximum Gasteiger partial charge on any atom is 0.278 e. The molecule has 0 aliphatic carbocycles. The molecule has 106 valence electrons. The highest BCUT2D eigenvalue weighted by atomic mass is 35.5. The van der Waals surface area contributed by atoms with E-state index in [9.17, 15) is 20.2 Å². The molecule has 2 aromatic carbocycles. The second-order valence-corrected chi connectivity index (χ2v) is 4.35. The predicted octanol–water partition coefficient (Wildman–Crippen LogP) is 3.82. The number of non-ortho nitro benzene ring substituents is 2. The smallest absolute Gasteiger partial charge is 0.258 e. The first-order valence-corrected chi connectivity index (χ1v) is 6.08. The van der Waals surface area contributed by atoms with Crippen molar-refractivity contribution in [3.8, 4) is 0 Å². The third kappa shape index (κ3) is 3.61. The van der Waals surface area contributed by atoms with Gasteiger partial charge in [-0.2, -0.15) is 0 Å². The molecule has 0 amide bonds. The fourth-order valence-corrected chi connectivity index (χ4v) is 1.83. The van der Waals surface area contributed by atoms with Gasteiger partial charge >= 0.3 is 0 Å². The second-order valence-electron chi connectivity index (χ2n) is 3.99. The van der Waals surface area contributed by atoms with Crippen LogP contribution in [0.3, 0.4) is 0 Å². The second kappa shape index (κ2) is 6.10. The summed E-state index contributed by atoms with van der Waals surface area (Å²) in [4.78, 5) is 24.1. The summed E-state index contributed by atoms with van der Waals surface area (Å²) in [6.07, 6.45) is 0. The molecule has 2 aromatic rings. The predicted molar refractivity (Wildman–Crippen MR) is 78.2 cm³/mol. The Hall–Kier alpha value is -2.80. The molecule has 0 radical (unpaired) electrons. The number of benzene rings is 2. The van der Waals surface area contributed by atoms with Crippen LogP contribution in [0.2, 0.25) is 0 Å². The van der Waals surface area contributed by atoms with Gasteiger partial charge in [-0.25, -0.2) is 4.99 Å². The molecule has 21 heavy (non-hydrogen) atoms. The normalized spacial score (nSPS) is 11.2. The molecule has 0 atom stereocenters. The molecule has 0 saturated heterocycles. The summed E-state index contributed by atoms with van der Waals surface area (Å²) in [5.41, 5.74) is -0.181. The topological polar surface area (TPSA) is 98.6 Å². The molecule has 0 unspecified atom stereocenters. The van der Waals surface area contributed by atoms with Crippen molar-refractivity contribution in [2.45, 2.75) is 0 Å². The van der Waals surface area contributed by atoms with E-state index in [1.807, 2.05) is 0 Å². The zero-order chi connectivity index (χ0) is 15.4. The third-order valence-corrected chi connectivity index (χ3v) is 2.85. The Morgan fingerprint density at radius 2 is 1.48 bits per heavy atom. The van der Waals surface area contributed by atoms with Gasteiger partial charge in [0.2, 0.25) is 0 Å². The van der Waals surface area contributed by atoms with Crippen LogP contribution in [-0.4, -0.2) is 15.0 Å². The van der Waals surface area contributed by atoms with Gasteiger partial charge in [0.25, 0.3) is 11.4 Å². The maximum absolute atomic E-state index is 10.8. The first-order valence-electron chi connectivity index (χ1n) is 5.71. The van der Waals surface area contributed by atoms with Crippen molar-refractivity contribution in [1.82, 2.24) is 0 Å². The summed E-state index contributed by atoms with van der Waals surface area (Å²) in [6, 6.07) is 11.8. The van der Waals surface area contributed by atoms with Crippen LogP contribution in [0.1, 0.15) is 5.56 Å². The van der Waals surface area contributed by atoms with Crippen molar-refractivity contribution < 1.29 is 9.85 Å². The van der Waals surface area contributed by atoms with Crippen molar-refractivity contribution in [3.63, 3.8) is 0 Å². The van der Waals surface area contributed by atoms with E-state index in [2.05, 4.69) is 4.99 Å². The molecule has 0 spiro atoms. The van der Waals surface area contributed by atoms with Crippen LogP contribution in [0.5, 0.6) is 0 Å². The molecule has 7 nitrogen and oxygen atoms in total. The van der Waals surface area contributed by atoms with E-state index in [-0.39, 0.29) is 10.9 Å². The molecular formula is C13H8ClN3O4.